The molecule has 150 valence electrons. The molecule has 1 saturated heterocycles. The minimum atomic E-state index is -0.198. The molecule has 1 aromatic rings. The monoisotopic (exact) mass is 377 g/mol. The minimum absolute atomic E-state index is 0.000286. The normalized spacial score (nSPS) is 14.9. The number of nitrogens with one attached hydrogen (secondary N) is 2. The Morgan fingerprint density at radius 2 is 1.93 bits per heavy atom. The van der Waals surface area contributed by atoms with Gasteiger partial charge >= 0.3 is 0 Å². The number of ether oxygens (including phenoxy) is 2. The molecule has 1 aliphatic heterocycles. The summed E-state index contributed by atoms with van der Waals surface area (Å²) in [6.07, 6.45) is 2.02. The van der Waals surface area contributed by atoms with Crippen LogP contribution in [0.5, 0.6) is 11.5 Å². The largest absolute Gasteiger partial charge is 0.493 e. The van der Waals surface area contributed by atoms with Crippen LogP contribution in [-0.2, 0) is 4.79 Å². The van der Waals surface area contributed by atoms with E-state index in [-0.39, 0.29) is 24.5 Å². The third kappa shape index (κ3) is 6.13. The molecule has 2 amide bonds. The highest BCUT2D eigenvalue weighted by Crippen LogP contribution is 2.29. The molecule has 2 N–H and O–H groups in total. The van der Waals surface area contributed by atoms with E-state index in [9.17, 15) is 9.59 Å². The SMILES string of the molecule is CNCC1CCN(C(=O)c2ccc(OCC(=O)NC(C)C)c(OC)c2)CC1. The Labute approximate surface area is 161 Å². The predicted octanol–water partition coefficient (Wildman–Crippen LogP) is 1.67. The third-order valence-electron chi connectivity index (χ3n) is 4.61. The van der Waals surface area contributed by atoms with Gasteiger partial charge in [0.2, 0.25) is 0 Å². The molecule has 0 bridgehead atoms. The van der Waals surface area contributed by atoms with Crippen LogP contribution in [0.2, 0.25) is 0 Å². The summed E-state index contributed by atoms with van der Waals surface area (Å²) in [4.78, 5) is 26.4. The van der Waals surface area contributed by atoms with Crippen molar-refractivity contribution in [2.24, 2.45) is 5.92 Å². The first-order valence-corrected chi connectivity index (χ1v) is 9.48. The van der Waals surface area contributed by atoms with Gasteiger partial charge in [-0.05, 0) is 64.4 Å². The second-order valence-electron chi connectivity index (χ2n) is 7.17. The van der Waals surface area contributed by atoms with Crippen molar-refractivity contribution in [1.29, 1.82) is 0 Å². The van der Waals surface area contributed by atoms with E-state index in [1.165, 1.54) is 7.11 Å². The number of rotatable bonds is 8. The molecule has 7 nitrogen and oxygen atoms in total. The number of carbonyl (C=O) groups is 2. The van der Waals surface area contributed by atoms with E-state index in [2.05, 4.69) is 10.6 Å². The van der Waals surface area contributed by atoms with Gasteiger partial charge in [-0.15, -0.1) is 0 Å². The highest BCUT2D eigenvalue weighted by atomic mass is 16.5. The Balaban J connectivity index is 1.98. The molecule has 1 heterocycles. The number of carbonyl (C=O) groups excluding carboxylic acids is 2. The maximum Gasteiger partial charge on any atom is 0.258 e. The number of methoxy groups -OCH3 is 1. The van der Waals surface area contributed by atoms with Gasteiger partial charge in [-0.2, -0.15) is 0 Å². The number of piperidine rings is 1. The second-order valence-corrected chi connectivity index (χ2v) is 7.17. The number of amides is 2. The first-order chi connectivity index (χ1) is 12.9. The lowest BCUT2D eigenvalue weighted by molar-refractivity contribution is -0.123. The average molecular weight is 377 g/mol. The number of hydrogen-bond donors (Lipinski definition) is 2. The lowest BCUT2D eigenvalue weighted by Gasteiger charge is -2.32. The summed E-state index contributed by atoms with van der Waals surface area (Å²) < 4.78 is 10.9. The molecule has 1 aromatic carbocycles. The molecular weight excluding hydrogens is 346 g/mol. The molecular formula is C20H31N3O4. The van der Waals surface area contributed by atoms with Crippen LogP contribution < -0.4 is 20.1 Å². The minimum Gasteiger partial charge on any atom is -0.493 e. The molecule has 0 radical (unpaired) electrons. The van der Waals surface area contributed by atoms with Gasteiger partial charge in [0.05, 0.1) is 7.11 Å². The summed E-state index contributed by atoms with van der Waals surface area (Å²) in [6.45, 7) is 6.20. The molecule has 0 atom stereocenters. The topological polar surface area (TPSA) is 79.9 Å². The Hall–Kier alpha value is -2.28. The fraction of sp³-hybridized carbons (Fsp3) is 0.600. The van der Waals surface area contributed by atoms with Crippen molar-refractivity contribution in [3.05, 3.63) is 23.8 Å². The van der Waals surface area contributed by atoms with Crippen molar-refractivity contribution < 1.29 is 19.1 Å². The van der Waals surface area contributed by atoms with Gasteiger partial charge in [0.15, 0.2) is 18.1 Å². The van der Waals surface area contributed by atoms with Crippen molar-refractivity contribution in [3.8, 4) is 11.5 Å². The molecule has 27 heavy (non-hydrogen) atoms. The molecule has 0 unspecified atom stereocenters. The smallest absolute Gasteiger partial charge is 0.258 e. The fourth-order valence-electron chi connectivity index (χ4n) is 3.24. The van der Waals surface area contributed by atoms with Crippen molar-refractivity contribution in [2.45, 2.75) is 32.7 Å². The second kappa shape index (κ2) is 10.2. The van der Waals surface area contributed by atoms with E-state index in [1.807, 2.05) is 25.8 Å². The van der Waals surface area contributed by atoms with E-state index in [0.717, 1.165) is 32.5 Å². The first kappa shape index (κ1) is 21.0. The number of likely N-dealkylation sites (tertiary alicyclic amines) is 1. The van der Waals surface area contributed by atoms with E-state index in [0.29, 0.717) is 23.0 Å². The summed E-state index contributed by atoms with van der Waals surface area (Å²) in [5, 5.41) is 5.97. The van der Waals surface area contributed by atoms with Crippen LogP contribution in [0.4, 0.5) is 0 Å². The van der Waals surface area contributed by atoms with Gasteiger partial charge < -0.3 is 25.0 Å². The molecule has 0 aliphatic carbocycles. The van der Waals surface area contributed by atoms with E-state index in [4.69, 9.17) is 9.47 Å². The zero-order chi connectivity index (χ0) is 19.8. The van der Waals surface area contributed by atoms with Crippen molar-refractivity contribution in [2.75, 3.05) is 40.4 Å². The van der Waals surface area contributed by atoms with Crippen LogP contribution in [0.25, 0.3) is 0 Å². The first-order valence-electron chi connectivity index (χ1n) is 9.48. The summed E-state index contributed by atoms with van der Waals surface area (Å²) >= 11 is 0. The molecule has 2 rings (SSSR count). The summed E-state index contributed by atoms with van der Waals surface area (Å²) in [5.41, 5.74) is 0.567. The van der Waals surface area contributed by atoms with Crippen LogP contribution in [0.1, 0.15) is 37.0 Å². The van der Waals surface area contributed by atoms with Crippen molar-refractivity contribution in [1.82, 2.24) is 15.5 Å². The Bertz CT molecular complexity index is 640. The molecule has 1 fully saturated rings. The Morgan fingerprint density at radius 1 is 1.22 bits per heavy atom. The van der Waals surface area contributed by atoms with Crippen LogP contribution in [0.15, 0.2) is 18.2 Å². The lowest BCUT2D eigenvalue weighted by atomic mass is 9.96. The van der Waals surface area contributed by atoms with E-state index < -0.39 is 0 Å². The van der Waals surface area contributed by atoms with Gasteiger partial charge in [-0.3, -0.25) is 9.59 Å². The maximum absolute atomic E-state index is 12.8. The van der Waals surface area contributed by atoms with Crippen molar-refractivity contribution >= 4 is 11.8 Å². The fourth-order valence-corrected chi connectivity index (χ4v) is 3.24. The van der Waals surface area contributed by atoms with Crippen molar-refractivity contribution in [3.63, 3.8) is 0 Å². The quantitative estimate of drug-likeness (QED) is 0.720. The summed E-state index contributed by atoms with van der Waals surface area (Å²) in [6, 6.07) is 5.14. The Kier molecular flexibility index (Phi) is 7.91. The summed E-state index contributed by atoms with van der Waals surface area (Å²) in [5.74, 6) is 1.32. The lowest BCUT2D eigenvalue weighted by Crippen LogP contribution is -2.40. The van der Waals surface area contributed by atoms with E-state index >= 15 is 0 Å². The zero-order valence-corrected chi connectivity index (χ0v) is 16.7. The number of benzene rings is 1. The van der Waals surface area contributed by atoms with Crippen LogP contribution in [0, 0.1) is 5.92 Å². The van der Waals surface area contributed by atoms with Crippen LogP contribution in [0.3, 0.4) is 0 Å². The number of nitrogens with zero attached hydrogens (tertiary/aromatic N) is 1. The van der Waals surface area contributed by atoms with Gasteiger partial charge in [-0.25, -0.2) is 0 Å². The van der Waals surface area contributed by atoms with E-state index in [1.54, 1.807) is 18.2 Å². The van der Waals surface area contributed by atoms with Gasteiger partial charge in [0.25, 0.3) is 11.8 Å². The highest BCUT2D eigenvalue weighted by molar-refractivity contribution is 5.95. The van der Waals surface area contributed by atoms with Gasteiger partial charge in [0.1, 0.15) is 0 Å². The molecule has 1 aliphatic rings. The number of hydrogen-bond acceptors (Lipinski definition) is 5. The maximum atomic E-state index is 12.8. The molecule has 0 spiro atoms. The van der Waals surface area contributed by atoms with Gasteiger partial charge in [0, 0.05) is 24.7 Å². The van der Waals surface area contributed by atoms with Gasteiger partial charge in [-0.1, -0.05) is 0 Å². The highest BCUT2D eigenvalue weighted by Gasteiger charge is 2.24. The average Bonchev–Trinajstić information content (AvgIpc) is 2.66. The predicted molar refractivity (Wildman–Crippen MR) is 104 cm³/mol. The molecule has 0 saturated carbocycles. The molecule has 0 aromatic heterocycles. The summed E-state index contributed by atoms with van der Waals surface area (Å²) in [7, 11) is 3.48. The van der Waals surface area contributed by atoms with Crippen LogP contribution >= 0.6 is 0 Å². The Morgan fingerprint density at radius 3 is 2.52 bits per heavy atom. The zero-order valence-electron chi connectivity index (χ0n) is 16.7. The molecule has 7 heteroatoms. The standard InChI is InChI=1S/C20H31N3O4/c1-14(2)22-19(24)13-27-17-6-5-16(11-18(17)26-4)20(25)23-9-7-15(8-10-23)12-21-3/h5-6,11,14-15,21H,7-10,12-13H2,1-4H3,(H,22,24). The third-order valence-corrected chi connectivity index (χ3v) is 4.61. The van der Waals surface area contributed by atoms with Crippen LogP contribution in [-0.4, -0.2) is 63.2 Å².